The van der Waals surface area contributed by atoms with E-state index >= 15 is 0 Å². The summed E-state index contributed by atoms with van der Waals surface area (Å²) in [6.45, 7) is 0. The number of carboxylic acid groups (broad SMARTS) is 1. The number of anilines is 2. The highest BCUT2D eigenvalue weighted by Crippen LogP contribution is 2.29. The lowest BCUT2D eigenvalue weighted by atomic mass is 10.1. The van der Waals surface area contributed by atoms with E-state index in [2.05, 4.69) is 0 Å². The van der Waals surface area contributed by atoms with Crippen molar-refractivity contribution in [3.63, 3.8) is 0 Å². The first-order chi connectivity index (χ1) is 9.50. The average Bonchev–Trinajstić information content (AvgIpc) is 2.46. The van der Waals surface area contributed by atoms with Crippen LogP contribution in [0.15, 0.2) is 48.5 Å². The van der Waals surface area contributed by atoms with Crippen LogP contribution >= 0.6 is 0 Å². The zero-order valence-corrected chi connectivity index (χ0v) is 10.7. The van der Waals surface area contributed by atoms with Crippen molar-refractivity contribution in [3.8, 4) is 0 Å². The molecule has 0 saturated heterocycles. The second-order valence-electron chi connectivity index (χ2n) is 4.16. The third kappa shape index (κ3) is 2.59. The molecule has 0 saturated carbocycles. The number of carboxylic acids is 1. The van der Waals surface area contributed by atoms with Crippen LogP contribution in [0, 0.1) is 10.1 Å². The average molecular weight is 272 g/mol. The number of aromatic carboxylic acids is 1. The molecule has 0 radical (unpaired) electrons. The van der Waals surface area contributed by atoms with Crippen molar-refractivity contribution in [1.29, 1.82) is 0 Å². The first-order valence-corrected chi connectivity index (χ1v) is 5.81. The number of nitro groups is 1. The van der Waals surface area contributed by atoms with Gasteiger partial charge < -0.3 is 10.0 Å². The molecule has 102 valence electrons. The Morgan fingerprint density at radius 1 is 1.15 bits per heavy atom. The van der Waals surface area contributed by atoms with E-state index in [0.29, 0.717) is 5.69 Å². The Labute approximate surface area is 115 Å². The molecule has 0 atom stereocenters. The summed E-state index contributed by atoms with van der Waals surface area (Å²) in [5.41, 5.74) is 0.663. The first-order valence-electron chi connectivity index (χ1n) is 5.81. The highest BCUT2D eigenvalue weighted by Gasteiger charge is 2.21. The summed E-state index contributed by atoms with van der Waals surface area (Å²) in [6, 6.07) is 13.3. The third-order valence-corrected chi connectivity index (χ3v) is 2.94. The monoisotopic (exact) mass is 272 g/mol. The molecular weight excluding hydrogens is 260 g/mol. The van der Waals surface area contributed by atoms with Gasteiger partial charge in [0.1, 0.15) is 5.56 Å². The smallest absolute Gasteiger partial charge is 0.342 e. The Bertz CT molecular complexity index is 655. The predicted molar refractivity (Wildman–Crippen MR) is 74.6 cm³/mol. The van der Waals surface area contributed by atoms with Gasteiger partial charge in [-0.2, -0.15) is 0 Å². The molecule has 0 amide bonds. The molecule has 0 aromatic heterocycles. The summed E-state index contributed by atoms with van der Waals surface area (Å²) in [5.74, 6) is -1.31. The minimum Gasteiger partial charge on any atom is -0.477 e. The summed E-state index contributed by atoms with van der Waals surface area (Å²) in [6.07, 6.45) is 0. The lowest BCUT2D eigenvalue weighted by Gasteiger charge is -2.19. The minimum atomic E-state index is -1.31. The molecule has 1 N–H and O–H groups in total. The molecule has 0 unspecified atom stereocenters. The molecule has 2 rings (SSSR count). The van der Waals surface area contributed by atoms with Crippen LogP contribution in [0.2, 0.25) is 0 Å². The fourth-order valence-corrected chi connectivity index (χ4v) is 1.86. The van der Waals surface area contributed by atoms with E-state index in [9.17, 15) is 14.9 Å². The van der Waals surface area contributed by atoms with Gasteiger partial charge in [0.15, 0.2) is 0 Å². The molecule has 0 fully saturated rings. The van der Waals surface area contributed by atoms with E-state index in [-0.39, 0.29) is 5.56 Å². The Morgan fingerprint density at radius 2 is 1.80 bits per heavy atom. The van der Waals surface area contributed by atoms with Crippen LogP contribution in [0.4, 0.5) is 17.1 Å². The quantitative estimate of drug-likeness (QED) is 0.683. The van der Waals surface area contributed by atoms with Crippen LogP contribution < -0.4 is 4.90 Å². The number of nitrogens with zero attached hydrogens (tertiary/aromatic N) is 2. The molecule has 0 spiro atoms. The number of nitro benzene ring substituents is 1. The Kier molecular flexibility index (Phi) is 3.65. The maximum Gasteiger partial charge on any atom is 0.342 e. The van der Waals surface area contributed by atoms with Gasteiger partial charge in [0.25, 0.3) is 5.69 Å². The van der Waals surface area contributed by atoms with Crippen LogP contribution in [0.25, 0.3) is 0 Å². The van der Waals surface area contributed by atoms with E-state index in [4.69, 9.17) is 5.11 Å². The Balaban J connectivity index is 2.46. The van der Waals surface area contributed by atoms with Crippen LogP contribution in [-0.4, -0.2) is 23.0 Å². The van der Waals surface area contributed by atoms with Crippen molar-refractivity contribution >= 4 is 23.0 Å². The number of rotatable bonds is 4. The Hall–Kier alpha value is -2.89. The van der Waals surface area contributed by atoms with Crippen molar-refractivity contribution < 1.29 is 14.8 Å². The van der Waals surface area contributed by atoms with Gasteiger partial charge >= 0.3 is 5.97 Å². The molecule has 0 bridgehead atoms. The maximum atomic E-state index is 11.0. The molecule has 0 aliphatic rings. The maximum absolute atomic E-state index is 11.0. The van der Waals surface area contributed by atoms with E-state index in [1.54, 1.807) is 18.0 Å². The topological polar surface area (TPSA) is 83.7 Å². The third-order valence-electron chi connectivity index (χ3n) is 2.94. The molecule has 6 nitrogen and oxygen atoms in total. The van der Waals surface area contributed by atoms with E-state index in [1.165, 1.54) is 12.1 Å². The van der Waals surface area contributed by atoms with E-state index < -0.39 is 16.6 Å². The van der Waals surface area contributed by atoms with Gasteiger partial charge in [0.2, 0.25) is 0 Å². The molecule has 0 heterocycles. The van der Waals surface area contributed by atoms with Gasteiger partial charge in [0.05, 0.1) is 4.92 Å². The first kappa shape index (κ1) is 13.5. The van der Waals surface area contributed by atoms with E-state index in [0.717, 1.165) is 5.69 Å². The number of benzene rings is 2. The predicted octanol–water partition coefficient (Wildman–Crippen LogP) is 3.06. The van der Waals surface area contributed by atoms with Gasteiger partial charge in [-0.1, -0.05) is 18.2 Å². The van der Waals surface area contributed by atoms with E-state index in [1.807, 2.05) is 30.3 Å². The molecular formula is C14H12N2O4. The largest absolute Gasteiger partial charge is 0.477 e. The highest BCUT2D eigenvalue weighted by atomic mass is 16.6. The number of carbonyl (C=O) groups is 1. The zero-order valence-electron chi connectivity index (χ0n) is 10.7. The number of para-hydroxylation sites is 1. The van der Waals surface area contributed by atoms with Crippen LogP contribution in [0.3, 0.4) is 0 Å². The normalized spacial score (nSPS) is 10.1. The molecule has 20 heavy (non-hydrogen) atoms. The van der Waals surface area contributed by atoms with Gasteiger partial charge in [-0.25, -0.2) is 4.79 Å². The Morgan fingerprint density at radius 3 is 2.35 bits per heavy atom. The SMILES string of the molecule is CN(c1ccccc1)c1ccc(C(=O)O)c([N+](=O)[O-])c1. The minimum absolute atomic E-state index is 0.319. The lowest BCUT2D eigenvalue weighted by Crippen LogP contribution is -2.11. The summed E-state index contributed by atoms with van der Waals surface area (Å²) in [4.78, 5) is 23.0. The molecule has 0 aliphatic heterocycles. The van der Waals surface area contributed by atoms with Gasteiger partial charge in [-0.15, -0.1) is 0 Å². The van der Waals surface area contributed by atoms with Crippen molar-refractivity contribution in [2.24, 2.45) is 0 Å². The molecule has 2 aromatic carbocycles. The van der Waals surface area contributed by atoms with Gasteiger partial charge in [0, 0.05) is 24.5 Å². The molecule has 6 heteroatoms. The fourth-order valence-electron chi connectivity index (χ4n) is 1.86. The lowest BCUT2D eigenvalue weighted by molar-refractivity contribution is -0.385. The van der Waals surface area contributed by atoms with Crippen LogP contribution in [0.5, 0.6) is 0 Å². The second kappa shape index (κ2) is 5.40. The zero-order chi connectivity index (χ0) is 14.7. The highest BCUT2D eigenvalue weighted by molar-refractivity contribution is 5.93. The van der Waals surface area contributed by atoms with Crippen LogP contribution in [0.1, 0.15) is 10.4 Å². The molecule has 0 aliphatic carbocycles. The molecule has 2 aromatic rings. The summed E-state index contributed by atoms with van der Waals surface area (Å²) in [5, 5.41) is 19.9. The fraction of sp³-hybridized carbons (Fsp3) is 0.0714. The summed E-state index contributed by atoms with van der Waals surface area (Å²) in [7, 11) is 1.76. The van der Waals surface area contributed by atoms with Crippen molar-refractivity contribution in [1.82, 2.24) is 0 Å². The van der Waals surface area contributed by atoms with Crippen molar-refractivity contribution in [2.45, 2.75) is 0 Å². The second-order valence-corrected chi connectivity index (χ2v) is 4.16. The number of hydrogen-bond acceptors (Lipinski definition) is 4. The summed E-state index contributed by atoms with van der Waals surface area (Å²) < 4.78 is 0. The number of hydrogen-bond donors (Lipinski definition) is 1. The van der Waals surface area contributed by atoms with Crippen molar-refractivity contribution in [3.05, 3.63) is 64.2 Å². The van der Waals surface area contributed by atoms with Crippen molar-refractivity contribution in [2.75, 3.05) is 11.9 Å². The standard InChI is InChI=1S/C14H12N2O4/c1-15(10-5-3-2-4-6-10)11-7-8-12(14(17)18)13(9-11)16(19)20/h2-9H,1H3,(H,17,18). The summed E-state index contributed by atoms with van der Waals surface area (Å²) >= 11 is 0. The van der Waals surface area contributed by atoms with Crippen LogP contribution in [-0.2, 0) is 0 Å². The van der Waals surface area contributed by atoms with Gasteiger partial charge in [-0.3, -0.25) is 10.1 Å². The van der Waals surface area contributed by atoms with Gasteiger partial charge in [-0.05, 0) is 24.3 Å².